The van der Waals surface area contributed by atoms with Crippen molar-refractivity contribution in [2.45, 2.75) is 40.2 Å². The van der Waals surface area contributed by atoms with Gasteiger partial charge >= 0.3 is 0 Å². The summed E-state index contributed by atoms with van der Waals surface area (Å²) in [6, 6.07) is 3.77. The Morgan fingerprint density at radius 2 is 2.11 bits per heavy atom. The number of hydrogen-bond donors (Lipinski definition) is 2. The summed E-state index contributed by atoms with van der Waals surface area (Å²) in [6.07, 6.45) is 1.46. The SMILES string of the molecule is Cc1ccc(CC(=O)NCC(O)C(C)(C)C)cn1. The van der Waals surface area contributed by atoms with E-state index in [-0.39, 0.29) is 17.9 Å². The van der Waals surface area contributed by atoms with E-state index >= 15 is 0 Å². The Balaban J connectivity index is 2.41. The lowest BCUT2D eigenvalue weighted by Crippen LogP contribution is -2.39. The van der Waals surface area contributed by atoms with Gasteiger partial charge in [0.2, 0.25) is 5.91 Å². The van der Waals surface area contributed by atoms with E-state index in [0.717, 1.165) is 11.3 Å². The van der Waals surface area contributed by atoms with E-state index in [9.17, 15) is 9.90 Å². The monoisotopic (exact) mass is 250 g/mol. The Morgan fingerprint density at radius 1 is 1.44 bits per heavy atom. The molecule has 0 aliphatic heterocycles. The molecule has 1 aromatic rings. The first kappa shape index (κ1) is 14.6. The van der Waals surface area contributed by atoms with E-state index in [0.29, 0.717) is 6.42 Å². The second-order valence-electron chi connectivity index (χ2n) is 5.67. The van der Waals surface area contributed by atoms with Gasteiger partial charge in [-0.15, -0.1) is 0 Å². The highest BCUT2D eigenvalue weighted by molar-refractivity contribution is 5.78. The van der Waals surface area contributed by atoms with Crippen LogP contribution < -0.4 is 5.32 Å². The van der Waals surface area contributed by atoms with Crippen molar-refractivity contribution >= 4 is 5.91 Å². The van der Waals surface area contributed by atoms with Crippen LogP contribution >= 0.6 is 0 Å². The number of nitrogens with zero attached hydrogens (tertiary/aromatic N) is 1. The number of pyridine rings is 1. The van der Waals surface area contributed by atoms with Gasteiger partial charge in [-0.25, -0.2) is 0 Å². The Kier molecular flexibility index (Phi) is 4.84. The van der Waals surface area contributed by atoms with Crippen LogP contribution in [0.4, 0.5) is 0 Å². The molecule has 1 atom stereocenters. The van der Waals surface area contributed by atoms with Gasteiger partial charge in [0.15, 0.2) is 0 Å². The van der Waals surface area contributed by atoms with Crippen molar-refractivity contribution < 1.29 is 9.90 Å². The van der Waals surface area contributed by atoms with Gasteiger partial charge in [0.05, 0.1) is 12.5 Å². The summed E-state index contributed by atoms with van der Waals surface area (Å²) in [5.74, 6) is -0.0936. The van der Waals surface area contributed by atoms with Gasteiger partial charge < -0.3 is 10.4 Å². The fraction of sp³-hybridized carbons (Fsp3) is 0.571. The van der Waals surface area contributed by atoms with Crippen molar-refractivity contribution in [3.05, 3.63) is 29.6 Å². The Hall–Kier alpha value is -1.42. The number of aryl methyl sites for hydroxylation is 1. The smallest absolute Gasteiger partial charge is 0.224 e. The van der Waals surface area contributed by atoms with Crippen molar-refractivity contribution in [1.29, 1.82) is 0 Å². The third kappa shape index (κ3) is 4.84. The minimum absolute atomic E-state index is 0.0936. The van der Waals surface area contributed by atoms with Crippen molar-refractivity contribution in [2.24, 2.45) is 5.41 Å². The quantitative estimate of drug-likeness (QED) is 0.850. The zero-order chi connectivity index (χ0) is 13.8. The summed E-state index contributed by atoms with van der Waals surface area (Å²) in [5, 5.41) is 12.5. The summed E-state index contributed by atoms with van der Waals surface area (Å²) >= 11 is 0. The molecule has 0 bridgehead atoms. The van der Waals surface area contributed by atoms with Crippen molar-refractivity contribution in [3.8, 4) is 0 Å². The molecule has 2 N–H and O–H groups in total. The van der Waals surface area contributed by atoms with E-state index in [4.69, 9.17) is 0 Å². The standard InChI is InChI=1S/C14H22N2O2/c1-10-5-6-11(8-15-10)7-13(18)16-9-12(17)14(2,3)4/h5-6,8,12,17H,7,9H2,1-4H3,(H,16,18). The molecule has 0 aliphatic rings. The first-order valence-corrected chi connectivity index (χ1v) is 6.15. The summed E-state index contributed by atoms with van der Waals surface area (Å²) in [4.78, 5) is 15.8. The van der Waals surface area contributed by atoms with Crippen molar-refractivity contribution in [1.82, 2.24) is 10.3 Å². The Labute approximate surface area is 108 Å². The van der Waals surface area contributed by atoms with E-state index in [1.54, 1.807) is 6.20 Å². The molecule has 1 unspecified atom stereocenters. The number of aliphatic hydroxyl groups is 1. The second-order valence-corrected chi connectivity index (χ2v) is 5.67. The van der Waals surface area contributed by atoms with Crippen LogP contribution in [-0.2, 0) is 11.2 Å². The zero-order valence-electron chi connectivity index (χ0n) is 11.5. The maximum atomic E-state index is 11.7. The third-order valence-electron chi connectivity index (χ3n) is 2.83. The van der Waals surface area contributed by atoms with Gasteiger partial charge in [0, 0.05) is 18.4 Å². The van der Waals surface area contributed by atoms with Gasteiger partial charge in [0.25, 0.3) is 0 Å². The molecule has 1 heterocycles. The summed E-state index contributed by atoms with van der Waals surface area (Å²) in [6.45, 7) is 8.00. The number of aromatic nitrogens is 1. The van der Waals surface area contributed by atoms with Crippen LogP contribution in [0.1, 0.15) is 32.0 Å². The number of aliphatic hydroxyl groups excluding tert-OH is 1. The van der Waals surface area contributed by atoms with Crippen LogP contribution in [0.3, 0.4) is 0 Å². The maximum Gasteiger partial charge on any atom is 0.224 e. The number of carbonyl (C=O) groups excluding carboxylic acids is 1. The lowest BCUT2D eigenvalue weighted by atomic mass is 9.89. The fourth-order valence-electron chi connectivity index (χ4n) is 1.37. The predicted octanol–water partition coefficient (Wildman–Crippen LogP) is 1.46. The molecule has 18 heavy (non-hydrogen) atoms. The number of nitrogens with one attached hydrogen (secondary N) is 1. The average molecular weight is 250 g/mol. The number of hydrogen-bond acceptors (Lipinski definition) is 3. The molecule has 100 valence electrons. The van der Waals surface area contributed by atoms with Crippen molar-refractivity contribution in [3.63, 3.8) is 0 Å². The first-order valence-electron chi connectivity index (χ1n) is 6.15. The highest BCUT2D eigenvalue weighted by Gasteiger charge is 2.22. The molecule has 0 radical (unpaired) electrons. The molecule has 1 aromatic heterocycles. The van der Waals surface area contributed by atoms with Gasteiger partial charge in [-0.05, 0) is 24.0 Å². The molecule has 0 aromatic carbocycles. The maximum absolute atomic E-state index is 11.7. The van der Waals surface area contributed by atoms with Gasteiger partial charge in [-0.2, -0.15) is 0 Å². The summed E-state index contributed by atoms with van der Waals surface area (Å²) < 4.78 is 0. The van der Waals surface area contributed by atoms with Crippen LogP contribution in [0.5, 0.6) is 0 Å². The molecule has 0 spiro atoms. The Bertz CT molecular complexity index is 393. The van der Waals surface area contributed by atoms with Gasteiger partial charge in [-0.3, -0.25) is 9.78 Å². The fourth-order valence-corrected chi connectivity index (χ4v) is 1.37. The molecule has 0 saturated heterocycles. The second kappa shape index (κ2) is 5.96. The number of carbonyl (C=O) groups is 1. The number of rotatable bonds is 4. The first-order chi connectivity index (χ1) is 8.29. The average Bonchev–Trinajstić information content (AvgIpc) is 2.28. The van der Waals surface area contributed by atoms with Crippen LogP contribution in [0, 0.1) is 12.3 Å². The summed E-state index contributed by atoms with van der Waals surface area (Å²) in [5.41, 5.74) is 1.59. The highest BCUT2D eigenvalue weighted by Crippen LogP contribution is 2.18. The molecule has 1 rings (SSSR count). The van der Waals surface area contributed by atoms with E-state index in [1.165, 1.54) is 0 Å². The van der Waals surface area contributed by atoms with Gasteiger partial charge in [-0.1, -0.05) is 26.8 Å². The van der Waals surface area contributed by atoms with E-state index < -0.39 is 6.10 Å². The highest BCUT2D eigenvalue weighted by atomic mass is 16.3. The lowest BCUT2D eigenvalue weighted by molar-refractivity contribution is -0.121. The Morgan fingerprint density at radius 3 is 2.61 bits per heavy atom. The molecule has 4 nitrogen and oxygen atoms in total. The summed E-state index contributed by atoms with van der Waals surface area (Å²) in [7, 11) is 0. The minimum Gasteiger partial charge on any atom is -0.391 e. The third-order valence-corrected chi connectivity index (χ3v) is 2.83. The lowest BCUT2D eigenvalue weighted by Gasteiger charge is -2.25. The van der Waals surface area contributed by atoms with E-state index in [1.807, 2.05) is 39.8 Å². The number of amides is 1. The molecule has 1 amide bonds. The zero-order valence-corrected chi connectivity index (χ0v) is 11.5. The molecule has 0 aliphatic carbocycles. The van der Waals surface area contributed by atoms with E-state index in [2.05, 4.69) is 10.3 Å². The van der Waals surface area contributed by atoms with Crippen LogP contribution in [0.15, 0.2) is 18.3 Å². The molecule has 0 saturated carbocycles. The molecular weight excluding hydrogens is 228 g/mol. The van der Waals surface area contributed by atoms with Crippen LogP contribution in [-0.4, -0.2) is 28.6 Å². The predicted molar refractivity (Wildman–Crippen MR) is 71.1 cm³/mol. The van der Waals surface area contributed by atoms with Crippen LogP contribution in [0.25, 0.3) is 0 Å². The molecule has 4 heteroatoms. The normalized spacial score (nSPS) is 13.2. The van der Waals surface area contributed by atoms with Gasteiger partial charge in [0.1, 0.15) is 0 Å². The minimum atomic E-state index is -0.544. The molecule has 0 fully saturated rings. The topological polar surface area (TPSA) is 62.2 Å². The largest absolute Gasteiger partial charge is 0.391 e. The molecular formula is C14H22N2O2. The van der Waals surface area contributed by atoms with Crippen LogP contribution in [0.2, 0.25) is 0 Å². The van der Waals surface area contributed by atoms with Crippen molar-refractivity contribution in [2.75, 3.05) is 6.54 Å².